The normalized spacial score (nSPS) is 11.2. The molecule has 108 valence electrons. The van der Waals surface area contributed by atoms with Crippen molar-refractivity contribution < 1.29 is 0 Å². The van der Waals surface area contributed by atoms with E-state index in [1.165, 1.54) is 3.57 Å². The summed E-state index contributed by atoms with van der Waals surface area (Å²) in [6.07, 6.45) is 3.51. The maximum absolute atomic E-state index is 6.05. The molecule has 0 unspecified atom stereocenters. The second-order valence-corrected chi connectivity index (χ2v) is 6.18. The third-order valence-electron chi connectivity index (χ3n) is 3.29. The number of anilines is 1. The van der Waals surface area contributed by atoms with Crippen molar-refractivity contribution in [1.29, 1.82) is 0 Å². The van der Waals surface area contributed by atoms with Gasteiger partial charge in [-0.3, -0.25) is 4.98 Å². The summed E-state index contributed by atoms with van der Waals surface area (Å²) >= 11 is 8.38. The summed E-state index contributed by atoms with van der Waals surface area (Å²) in [6.45, 7) is 4.61. The fourth-order valence-electron chi connectivity index (χ4n) is 2.10. The predicted octanol–water partition coefficient (Wildman–Crippen LogP) is 2.73. The lowest BCUT2D eigenvalue weighted by Crippen LogP contribution is -2.08. The second-order valence-electron chi connectivity index (χ2n) is 4.74. The van der Waals surface area contributed by atoms with Crippen LogP contribution in [0.5, 0.6) is 0 Å². The average molecular weight is 415 g/mol. The van der Waals surface area contributed by atoms with Crippen molar-refractivity contribution in [2.75, 3.05) is 5.73 Å². The lowest BCUT2D eigenvalue weighted by Gasteiger charge is -2.09. The number of aromatic nitrogens is 5. The van der Waals surface area contributed by atoms with Gasteiger partial charge in [0, 0.05) is 9.77 Å². The first kappa shape index (κ1) is 14.5. The average Bonchev–Trinajstić information content (AvgIpc) is 2.83. The van der Waals surface area contributed by atoms with E-state index in [1.807, 2.05) is 13.1 Å². The number of rotatable bonds is 2. The molecule has 3 rings (SSSR count). The summed E-state index contributed by atoms with van der Waals surface area (Å²) in [7, 11) is 0. The molecule has 0 spiro atoms. The first-order chi connectivity index (χ1) is 9.97. The maximum atomic E-state index is 6.05. The van der Waals surface area contributed by atoms with Crippen molar-refractivity contribution in [2.45, 2.75) is 20.4 Å². The molecule has 0 saturated heterocycles. The van der Waals surface area contributed by atoms with E-state index < -0.39 is 0 Å². The zero-order chi connectivity index (χ0) is 15.1. The van der Waals surface area contributed by atoms with Crippen molar-refractivity contribution in [3.8, 4) is 0 Å². The van der Waals surface area contributed by atoms with Crippen LogP contribution in [0, 0.1) is 17.4 Å². The minimum atomic E-state index is 0.136. The van der Waals surface area contributed by atoms with E-state index in [4.69, 9.17) is 17.3 Å². The van der Waals surface area contributed by atoms with E-state index in [2.05, 4.69) is 49.6 Å². The number of nitrogens with zero attached hydrogens (tertiary/aromatic N) is 5. The van der Waals surface area contributed by atoms with Crippen LogP contribution in [-0.4, -0.2) is 24.7 Å². The molecule has 21 heavy (non-hydrogen) atoms. The quantitative estimate of drug-likeness (QED) is 0.515. The Labute approximate surface area is 139 Å². The number of halogens is 2. The van der Waals surface area contributed by atoms with Gasteiger partial charge >= 0.3 is 0 Å². The van der Waals surface area contributed by atoms with Gasteiger partial charge in [0.15, 0.2) is 5.65 Å². The van der Waals surface area contributed by atoms with Crippen LogP contribution in [0.3, 0.4) is 0 Å². The van der Waals surface area contributed by atoms with Gasteiger partial charge in [0.05, 0.1) is 23.8 Å². The molecule has 0 fully saturated rings. The highest BCUT2D eigenvalue weighted by molar-refractivity contribution is 14.1. The molecule has 0 saturated carbocycles. The van der Waals surface area contributed by atoms with Crippen LogP contribution in [0.25, 0.3) is 11.0 Å². The summed E-state index contributed by atoms with van der Waals surface area (Å²) in [5.41, 5.74) is 9.53. The smallest absolute Gasteiger partial charge is 0.223 e. The Morgan fingerprint density at radius 2 is 2.05 bits per heavy atom. The molecule has 0 aliphatic heterocycles. The molecular formula is C13H12ClIN6. The minimum absolute atomic E-state index is 0.136. The fraction of sp³-hybridized carbons (Fsp3) is 0.231. The summed E-state index contributed by atoms with van der Waals surface area (Å²) in [6, 6.07) is 0. The highest BCUT2D eigenvalue weighted by Crippen LogP contribution is 2.23. The third kappa shape index (κ3) is 2.55. The van der Waals surface area contributed by atoms with Crippen molar-refractivity contribution in [2.24, 2.45) is 0 Å². The van der Waals surface area contributed by atoms with Gasteiger partial charge in [0.2, 0.25) is 5.95 Å². The van der Waals surface area contributed by atoms with Gasteiger partial charge in [-0.25, -0.2) is 9.67 Å². The molecule has 0 aromatic carbocycles. The molecule has 2 N–H and O–H groups in total. The van der Waals surface area contributed by atoms with Crippen molar-refractivity contribution in [3.05, 3.63) is 37.9 Å². The largest absolute Gasteiger partial charge is 0.368 e. The Morgan fingerprint density at radius 3 is 2.81 bits per heavy atom. The van der Waals surface area contributed by atoms with E-state index in [9.17, 15) is 0 Å². The Morgan fingerprint density at radius 1 is 1.29 bits per heavy atom. The van der Waals surface area contributed by atoms with Gasteiger partial charge in [-0.15, -0.1) is 0 Å². The molecule has 0 aliphatic carbocycles. The first-order valence-electron chi connectivity index (χ1n) is 6.22. The third-order valence-corrected chi connectivity index (χ3v) is 5.24. The van der Waals surface area contributed by atoms with E-state index >= 15 is 0 Å². The number of aryl methyl sites for hydroxylation is 1. The van der Waals surface area contributed by atoms with E-state index in [0.717, 1.165) is 16.8 Å². The highest BCUT2D eigenvalue weighted by Gasteiger charge is 2.13. The monoisotopic (exact) mass is 414 g/mol. The number of fused-ring (bicyclic) bond motifs is 1. The molecule has 8 heteroatoms. The number of hydrogen-bond acceptors (Lipinski definition) is 5. The van der Waals surface area contributed by atoms with Gasteiger partial charge in [-0.2, -0.15) is 10.1 Å². The zero-order valence-corrected chi connectivity index (χ0v) is 14.3. The maximum Gasteiger partial charge on any atom is 0.223 e. The van der Waals surface area contributed by atoms with Crippen LogP contribution in [0.2, 0.25) is 5.15 Å². The van der Waals surface area contributed by atoms with Gasteiger partial charge in [0.1, 0.15) is 5.15 Å². The Balaban J connectivity index is 2.09. The van der Waals surface area contributed by atoms with Crippen molar-refractivity contribution >= 4 is 51.2 Å². The van der Waals surface area contributed by atoms with E-state index in [1.54, 1.807) is 10.9 Å². The fourth-order valence-corrected chi connectivity index (χ4v) is 2.77. The SMILES string of the molecule is Cc1cnc(Cn2ncc3c(Cl)nc(N)nc32)c(C)c1I. The molecule has 0 radical (unpaired) electrons. The van der Waals surface area contributed by atoms with Crippen LogP contribution in [0.4, 0.5) is 5.95 Å². The summed E-state index contributed by atoms with van der Waals surface area (Å²) in [4.78, 5) is 12.6. The standard InChI is InChI=1S/C13H12ClIN6/c1-6-3-17-9(7(2)10(6)15)5-21-12-8(4-18-21)11(14)19-13(16)20-12/h3-4H,5H2,1-2H3,(H2,16,19,20). The molecule has 0 atom stereocenters. The van der Waals surface area contributed by atoms with E-state index in [-0.39, 0.29) is 5.95 Å². The van der Waals surface area contributed by atoms with Gasteiger partial charge in [0.25, 0.3) is 0 Å². The zero-order valence-electron chi connectivity index (χ0n) is 11.4. The first-order valence-corrected chi connectivity index (χ1v) is 7.68. The Kier molecular flexibility index (Phi) is 3.70. The molecule has 6 nitrogen and oxygen atoms in total. The topological polar surface area (TPSA) is 82.5 Å². The van der Waals surface area contributed by atoms with Crippen molar-refractivity contribution in [3.63, 3.8) is 0 Å². The molecule has 0 aliphatic rings. The van der Waals surface area contributed by atoms with Crippen molar-refractivity contribution in [1.82, 2.24) is 24.7 Å². The highest BCUT2D eigenvalue weighted by atomic mass is 127. The molecule has 3 heterocycles. The predicted molar refractivity (Wildman–Crippen MR) is 90.3 cm³/mol. The number of nitrogens with two attached hydrogens (primary N) is 1. The lowest BCUT2D eigenvalue weighted by atomic mass is 10.1. The number of nitrogen functional groups attached to an aromatic ring is 1. The van der Waals surface area contributed by atoms with Gasteiger partial charge in [-0.1, -0.05) is 11.6 Å². The Bertz CT molecular complexity index is 844. The molecule has 3 aromatic rings. The molecule has 0 amide bonds. The van der Waals surface area contributed by atoms with Crippen LogP contribution in [0.15, 0.2) is 12.4 Å². The Hall–Kier alpha value is -1.48. The number of pyridine rings is 1. The minimum Gasteiger partial charge on any atom is -0.368 e. The second kappa shape index (κ2) is 5.38. The molecular weight excluding hydrogens is 403 g/mol. The molecule has 3 aromatic heterocycles. The lowest BCUT2D eigenvalue weighted by molar-refractivity contribution is 0.684. The van der Waals surface area contributed by atoms with Gasteiger partial charge in [-0.05, 0) is 47.6 Å². The molecule has 0 bridgehead atoms. The van der Waals surface area contributed by atoms with Gasteiger partial charge < -0.3 is 5.73 Å². The number of hydrogen-bond donors (Lipinski definition) is 1. The van der Waals surface area contributed by atoms with Crippen LogP contribution in [-0.2, 0) is 6.54 Å². The van der Waals surface area contributed by atoms with Crippen LogP contribution >= 0.6 is 34.2 Å². The summed E-state index contributed by atoms with van der Waals surface area (Å²) in [5.74, 6) is 0.136. The van der Waals surface area contributed by atoms with Crippen LogP contribution in [0.1, 0.15) is 16.8 Å². The van der Waals surface area contributed by atoms with E-state index in [0.29, 0.717) is 22.7 Å². The summed E-state index contributed by atoms with van der Waals surface area (Å²) < 4.78 is 2.95. The van der Waals surface area contributed by atoms with Crippen LogP contribution < -0.4 is 5.73 Å². The summed E-state index contributed by atoms with van der Waals surface area (Å²) in [5, 5.41) is 5.31.